The van der Waals surface area contributed by atoms with E-state index in [0.29, 0.717) is 11.4 Å². The Morgan fingerprint density at radius 3 is 2.37 bits per heavy atom. The van der Waals surface area contributed by atoms with Crippen molar-refractivity contribution in [2.24, 2.45) is 0 Å². The number of pyridine rings is 2. The highest BCUT2D eigenvalue weighted by Gasteiger charge is 2.25. The Kier molecular flexibility index (Phi) is 7.18. The number of hydrogen-bond donors (Lipinski definition) is 1. The van der Waals surface area contributed by atoms with Crippen LogP contribution in [0, 0.1) is 13.8 Å². The molecule has 0 spiro atoms. The minimum Gasteiger partial charge on any atom is -0.370 e. The van der Waals surface area contributed by atoms with E-state index in [1.54, 1.807) is 4.40 Å². The van der Waals surface area contributed by atoms with Gasteiger partial charge in [-0.25, -0.2) is 4.98 Å². The molecule has 1 aliphatic rings. The number of benzene rings is 1. The normalized spacial score (nSPS) is 14.1. The van der Waals surface area contributed by atoms with Gasteiger partial charge >= 0.3 is 0 Å². The molecule has 1 aliphatic heterocycles. The second-order valence-corrected chi connectivity index (χ2v) is 10.4. The van der Waals surface area contributed by atoms with Crippen molar-refractivity contribution in [3.05, 3.63) is 89.4 Å². The molecule has 0 radical (unpaired) electrons. The van der Waals surface area contributed by atoms with Crippen LogP contribution >= 0.6 is 0 Å². The maximum absolute atomic E-state index is 13.2. The van der Waals surface area contributed by atoms with Crippen LogP contribution in [-0.4, -0.2) is 47.3 Å². The second kappa shape index (κ2) is 10.7. The highest BCUT2D eigenvalue weighted by Crippen LogP contribution is 2.26. The van der Waals surface area contributed by atoms with E-state index in [1.807, 2.05) is 75.5 Å². The van der Waals surface area contributed by atoms with E-state index >= 15 is 0 Å². The predicted molar refractivity (Wildman–Crippen MR) is 154 cm³/mol. The molecule has 1 fully saturated rings. The van der Waals surface area contributed by atoms with Crippen LogP contribution in [0.4, 0.5) is 17.2 Å². The zero-order valence-corrected chi connectivity index (χ0v) is 22.6. The molecule has 1 amide bonds. The first-order valence-corrected chi connectivity index (χ1v) is 13.3. The molecule has 0 unspecified atom stereocenters. The van der Waals surface area contributed by atoms with Crippen LogP contribution in [0.5, 0.6) is 0 Å². The van der Waals surface area contributed by atoms with Gasteiger partial charge in [0.25, 0.3) is 11.7 Å². The van der Waals surface area contributed by atoms with Crippen LogP contribution in [0.1, 0.15) is 53.5 Å². The fourth-order valence-electron chi connectivity index (χ4n) is 5.26. The van der Waals surface area contributed by atoms with Gasteiger partial charge in [0.2, 0.25) is 0 Å². The summed E-state index contributed by atoms with van der Waals surface area (Å²) >= 11 is 0. The van der Waals surface area contributed by atoms with Gasteiger partial charge in [-0.1, -0.05) is 19.9 Å². The molecule has 3 aromatic heterocycles. The summed E-state index contributed by atoms with van der Waals surface area (Å²) in [6.45, 7) is 11.9. The third-order valence-electron chi connectivity index (χ3n) is 7.15. The van der Waals surface area contributed by atoms with Crippen molar-refractivity contribution in [1.82, 2.24) is 9.38 Å². The number of aryl methyl sites for hydroxylation is 2. The number of carbonyl (C=O) groups excluding carboxylic acids is 2. The number of aromatic nitrogens is 2. The van der Waals surface area contributed by atoms with Crippen LogP contribution < -0.4 is 15.1 Å². The Balaban J connectivity index is 1.26. The van der Waals surface area contributed by atoms with E-state index in [4.69, 9.17) is 4.98 Å². The predicted octanol–water partition coefficient (Wildman–Crippen LogP) is 5.61. The van der Waals surface area contributed by atoms with Gasteiger partial charge in [0.1, 0.15) is 11.5 Å². The van der Waals surface area contributed by atoms with Gasteiger partial charge in [-0.3, -0.25) is 9.59 Å². The third-order valence-corrected chi connectivity index (χ3v) is 7.15. The first kappa shape index (κ1) is 25.5. The molecular weight excluding hydrogens is 474 g/mol. The SMILES string of the molecule is Cc1cc(C)nc(N2CCCN(c3ccc(NC(=O)C(=O)c4c(C(C)C)cc5ccccn45)cc3)CC2)c1. The number of nitrogens with zero attached hydrogens (tertiary/aromatic N) is 4. The number of amides is 1. The molecule has 196 valence electrons. The number of anilines is 3. The van der Waals surface area contributed by atoms with Crippen molar-refractivity contribution in [2.45, 2.75) is 40.0 Å². The number of nitrogens with one attached hydrogen (secondary N) is 1. The van der Waals surface area contributed by atoms with Gasteiger partial charge in [-0.15, -0.1) is 0 Å². The van der Waals surface area contributed by atoms with Gasteiger partial charge in [-0.2, -0.15) is 0 Å². The standard InChI is InChI=1S/C31H35N5O2/c1-21(2)27-20-26-8-5-6-15-36(26)29(27)30(37)31(38)33-24-9-11-25(12-10-24)34-13-7-14-35(17-16-34)28-19-22(3)18-23(4)32-28/h5-6,8-12,15,18-21H,7,13-14,16-17H2,1-4H3,(H,33,38). The molecule has 0 bridgehead atoms. The highest BCUT2D eigenvalue weighted by molar-refractivity contribution is 6.46. The Hall–Kier alpha value is -4.13. The van der Waals surface area contributed by atoms with Gasteiger partial charge in [0.15, 0.2) is 0 Å². The maximum atomic E-state index is 13.2. The summed E-state index contributed by atoms with van der Waals surface area (Å²) in [5.41, 5.74) is 6.19. The lowest BCUT2D eigenvalue weighted by molar-refractivity contribution is -0.112. The smallest absolute Gasteiger partial charge is 0.298 e. The molecule has 0 aliphatic carbocycles. The first-order valence-electron chi connectivity index (χ1n) is 13.3. The van der Waals surface area contributed by atoms with Crippen molar-refractivity contribution in [1.29, 1.82) is 0 Å². The second-order valence-electron chi connectivity index (χ2n) is 10.4. The van der Waals surface area contributed by atoms with Crippen LogP contribution in [0.25, 0.3) is 5.52 Å². The lowest BCUT2D eigenvalue weighted by Crippen LogP contribution is -2.31. The monoisotopic (exact) mass is 509 g/mol. The molecule has 7 nitrogen and oxygen atoms in total. The molecule has 4 heterocycles. The summed E-state index contributed by atoms with van der Waals surface area (Å²) in [4.78, 5) is 35.7. The Morgan fingerprint density at radius 2 is 1.63 bits per heavy atom. The maximum Gasteiger partial charge on any atom is 0.298 e. The molecule has 0 saturated carbocycles. The summed E-state index contributed by atoms with van der Waals surface area (Å²) in [6, 6.07) is 19.7. The molecule has 5 rings (SSSR count). The van der Waals surface area contributed by atoms with Crippen LogP contribution in [0.2, 0.25) is 0 Å². The summed E-state index contributed by atoms with van der Waals surface area (Å²) in [7, 11) is 0. The first-order chi connectivity index (χ1) is 18.3. The van der Waals surface area contributed by atoms with Crippen LogP contribution in [0.15, 0.2) is 66.9 Å². The highest BCUT2D eigenvalue weighted by atomic mass is 16.2. The number of rotatable bonds is 6. The zero-order valence-electron chi connectivity index (χ0n) is 22.6. The molecule has 1 saturated heterocycles. The fraction of sp³-hybridized carbons (Fsp3) is 0.323. The largest absolute Gasteiger partial charge is 0.370 e. The van der Waals surface area contributed by atoms with Crippen molar-refractivity contribution in [3.8, 4) is 0 Å². The average Bonchev–Trinajstić information content (AvgIpc) is 3.11. The number of fused-ring (bicyclic) bond motifs is 1. The van der Waals surface area contributed by atoms with E-state index < -0.39 is 11.7 Å². The third kappa shape index (κ3) is 5.28. The number of carbonyl (C=O) groups is 2. The average molecular weight is 510 g/mol. The zero-order chi connectivity index (χ0) is 26.8. The van der Waals surface area contributed by atoms with Crippen LogP contribution in [-0.2, 0) is 4.79 Å². The lowest BCUT2D eigenvalue weighted by atomic mass is 10.0. The fourth-order valence-corrected chi connectivity index (χ4v) is 5.26. The number of hydrogen-bond acceptors (Lipinski definition) is 5. The Bertz CT molecular complexity index is 1450. The molecule has 4 aromatic rings. The summed E-state index contributed by atoms with van der Waals surface area (Å²) in [5, 5.41) is 2.81. The molecule has 1 aromatic carbocycles. The molecule has 38 heavy (non-hydrogen) atoms. The van der Waals surface area contributed by atoms with Gasteiger partial charge in [0, 0.05) is 55.0 Å². The van der Waals surface area contributed by atoms with E-state index in [-0.39, 0.29) is 5.92 Å². The van der Waals surface area contributed by atoms with Crippen molar-refractivity contribution in [3.63, 3.8) is 0 Å². The van der Waals surface area contributed by atoms with E-state index in [0.717, 1.165) is 60.9 Å². The van der Waals surface area contributed by atoms with Crippen molar-refractivity contribution >= 4 is 34.4 Å². The molecule has 7 heteroatoms. The quantitative estimate of drug-likeness (QED) is 0.270. The van der Waals surface area contributed by atoms with Gasteiger partial charge < -0.3 is 19.5 Å². The summed E-state index contributed by atoms with van der Waals surface area (Å²) < 4.78 is 1.80. The number of ketones is 1. The topological polar surface area (TPSA) is 70.0 Å². The van der Waals surface area contributed by atoms with Gasteiger partial charge in [-0.05, 0) is 91.9 Å². The molecular formula is C31H35N5O2. The summed E-state index contributed by atoms with van der Waals surface area (Å²) in [6.07, 6.45) is 2.86. The minimum absolute atomic E-state index is 0.121. The Morgan fingerprint density at radius 1 is 0.895 bits per heavy atom. The van der Waals surface area contributed by atoms with Gasteiger partial charge in [0.05, 0.1) is 0 Å². The molecule has 1 N–H and O–H groups in total. The number of Topliss-reactive ketones (excluding diaryl/α,β-unsaturated/α-hetero) is 1. The van der Waals surface area contributed by atoms with E-state index in [1.165, 1.54) is 5.56 Å². The van der Waals surface area contributed by atoms with E-state index in [2.05, 4.69) is 34.2 Å². The van der Waals surface area contributed by atoms with Crippen molar-refractivity contribution in [2.75, 3.05) is 41.3 Å². The molecule has 0 atom stereocenters. The summed E-state index contributed by atoms with van der Waals surface area (Å²) in [5.74, 6) is 0.00566. The lowest BCUT2D eigenvalue weighted by Gasteiger charge is -2.24. The van der Waals surface area contributed by atoms with E-state index in [9.17, 15) is 9.59 Å². The Labute approximate surface area is 224 Å². The van der Waals surface area contributed by atoms with Crippen molar-refractivity contribution < 1.29 is 9.59 Å². The minimum atomic E-state index is -0.630. The van der Waals surface area contributed by atoms with Crippen LogP contribution in [0.3, 0.4) is 0 Å².